The van der Waals surface area contributed by atoms with Crippen LogP contribution in [-0.2, 0) is 4.79 Å². The minimum atomic E-state index is -0.114. The molecule has 1 aliphatic heterocycles. The second kappa shape index (κ2) is 4.57. The molecule has 0 saturated carbocycles. The molecule has 0 spiro atoms. The van der Waals surface area contributed by atoms with Gasteiger partial charge in [-0.2, -0.15) is 0 Å². The van der Waals surface area contributed by atoms with Crippen molar-refractivity contribution < 1.29 is 4.79 Å². The molecule has 4 nitrogen and oxygen atoms in total. The van der Waals surface area contributed by atoms with Gasteiger partial charge < -0.3 is 11.1 Å². The maximum absolute atomic E-state index is 11.7. The summed E-state index contributed by atoms with van der Waals surface area (Å²) in [6, 6.07) is 15.2. The van der Waals surface area contributed by atoms with Gasteiger partial charge in [-0.15, -0.1) is 0 Å². The molecule has 4 heteroatoms. The number of nitrogens with zero attached hydrogens (tertiary/aromatic N) is 1. The van der Waals surface area contributed by atoms with Gasteiger partial charge in [0.25, 0.3) is 0 Å². The van der Waals surface area contributed by atoms with Crippen molar-refractivity contribution in [2.24, 2.45) is 4.99 Å². The number of nitrogens with two attached hydrogens (primary N) is 1. The Balaban J connectivity index is 2.20. The van der Waals surface area contributed by atoms with Crippen molar-refractivity contribution in [1.82, 2.24) is 0 Å². The zero-order valence-corrected chi connectivity index (χ0v) is 10.3. The highest BCUT2D eigenvalue weighted by molar-refractivity contribution is 6.19. The lowest BCUT2D eigenvalue weighted by atomic mass is 10.1. The molecule has 3 N–H and O–H groups in total. The highest BCUT2D eigenvalue weighted by Crippen LogP contribution is 2.24. The van der Waals surface area contributed by atoms with E-state index < -0.39 is 0 Å². The molecule has 1 amide bonds. The fraction of sp³-hybridized carbons (Fsp3) is 0.0667. The molecular weight excluding hydrogens is 244 g/mol. The Morgan fingerprint density at radius 2 is 1.89 bits per heavy atom. The molecule has 94 valence electrons. The normalized spacial score (nSPS) is 14.1. The van der Waals surface area contributed by atoms with Crippen LogP contribution in [0, 0.1) is 0 Å². The molecule has 1 heterocycles. The van der Waals surface area contributed by atoms with E-state index in [-0.39, 0.29) is 12.5 Å². The summed E-state index contributed by atoms with van der Waals surface area (Å²) in [6.45, 7) is 0.124. The molecule has 3 rings (SSSR count). The average molecular weight is 257 g/mol. The number of hydrogen-bond acceptors (Lipinski definition) is 3. The molecule has 0 saturated heterocycles. The Morgan fingerprint density at radius 1 is 1.11 bits per heavy atom. The van der Waals surface area contributed by atoms with Gasteiger partial charge >= 0.3 is 0 Å². The zero-order chi connectivity index (χ0) is 13.2. The van der Waals surface area contributed by atoms with Gasteiger partial charge in [-0.3, -0.25) is 9.79 Å². The molecule has 2 aromatic carbocycles. The molecule has 0 atom stereocenters. The predicted molar refractivity (Wildman–Crippen MR) is 76.4 cm³/mol. The molecule has 0 fully saturated rings. The Kier molecular flexibility index (Phi) is 2.76. The quantitative estimate of drug-likeness (QED) is 0.768. The second-order valence-electron chi connectivity index (χ2n) is 4.38. The van der Waals surface area contributed by atoms with E-state index in [1.165, 1.54) is 0 Å². The van der Waals surface area contributed by atoms with Crippen molar-refractivity contribution in [2.75, 3.05) is 17.6 Å². The number of benzodiazepines with no additional fused rings is 1. The number of benzene rings is 2. The molecular formula is C15H13N3O. The summed E-state index contributed by atoms with van der Waals surface area (Å²) in [5, 5.41) is 2.84. The van der Waals surface area contributed by atoms with Gasteiger partial charge in [-0.05, 0) is 18.2 Å². The zero-order valence-electron chi connectivity index (χ0n) is 10.3. The first kappa shape index (κ1) is 11.5. The van der Waals surface area contributed by atoms with Crippen LogP contribution in [0.15, 0.2) is 53.5 Å². The van der Waals surface area contributed by atoms with Gasteiger partial charge in [0.2, 0.25) is 5.91 Å². The Hall–Kier alpha value is -2.62. The Morgan fingerprint density at radius 3 is 2.68 bits per heavy atom. The molecule has 2 aromatic rings. The predicted octanol–water partition coefficient (Wildman–Crippen LogP) is 2.06. The minimum Gasteiger partial charge on any atom is -0.399 e. The third-order valence-electron chi connectivity index (χ3n) is 3.00. The summed E-state index contributed by atoms with van der Waals surface area (Å²) in [6.07, 6.45) is 0. The number of rotatable bonds is 1. The van der Waals surface area contributed by atoms with E-state index >= 15 is 0 Å². The van der Waals surface area contributed by atoms with E-state index in [9.17, 15) is 4.79 Å². The number of nitrogens with one attached hydrogen (secondary N) is 1. The van der Waals surface area contributed by atoms with Crippen LogP contribution in [0.4, 0.5) is 11.4 Å². The number of hydrogen-bond donors (Lipinski definition) is 2. The number of carbonyl (C=O) groups excluding carboxylic acids is 1. The highest BCUT2D eigenvalue weighted by Gasteiger charge is 2.17. The van der Waals surface area contributed by atoms with Gasteiger partial charge in [0.1, 0.15) is 6.54 Å². The lowest BCUT2D eigenvalue weighted by Crippen LogP contribution is -2.13. The number of nitrogen functional groups attached to an aromatic ring is 1. The van der Waals surface area contributed by atoms with Crippen LogP contribution in [0.3, 0.4) is 0 Å². The molecule has 0 aliphatic carbocycles. The van der Waals surface area contributed by atoms with E-state index in [1.807, 2.05) is 42.5 Å². The summed E-state index contributed by atoms with van der Waals surface area (Å²) in [7, 11) is 0. The van der Waals surface area contributed by atoms with Crippen molar-refractivity contribution in [3.05, 3.63) is 59.7 Å². The van der Waals surface area contributed by atoms with Crippen LogP contribution in [0.25, 0.3) is 0 Å². The Labute approximate surface area is 111 Å². The van der Waals surface area contributed by atoms with Gasteiger partial charge in [0, 0.05) is 16.8 Å². The van der Waals surface area contributed by atoms with E-state index in [0.29, 0.717) is 5.69 Å². The third-order valence-corrected chi connectivity index (χ3v) is 3.00. The van der Waals surface area contributed by atoms with Gasteiger partial charge in [-0.25, -0.2) is 0 Å². The van der Waals surface area contributed by atoms with Crippen molar-refractivity contribution >= 4 is 23.0 Å². The van der Waals surface area contributed by atoms with Crippen molar-refractivity contribution in [3.8, 4) is 0 Å². The lowest BCUT2D eigenvalue weighted by molar-refractivity contribution is -0.114. The topological polar surface area (TPSA) is 67.5 Å². The van der Waals surface area contributed by atoms with Crippen LogP contribution < -0.4 is 11.1 Å². The monoisotopic (exact) mass is 257 g/mol. The van der Waals surface area contributed by atoms with Crippen LogP contribution in [0.2, 0.25) is 0 Å². The van der Waals surface area contributed by atoms with E-state index in [4.69, 9.17) is 5.73 Å². The first-order chi connectivity index (χ1) is 9.24. The molecule has 0 radical (unpaired) electrons. The molecule has 19 heavy (non-hydrogen) atoms. The number of carbonyl (C=O) groups is 1. The standard InChI is InChI=1S/C15H13N3O/c16-11-6-7-13-12(8-11)15(17-9-14(19)18-13)10-4-2-1-3-5-10/h1-8H,9,16H2,(H,18,19)/i1+1,2+1,3+1,4+1,5+1,10+1. The molecule has 1 aliphatic rings. The number of fused-ring (bicyclic) bond motifs is 1. The number of anilines is 2. The second-order valence-corrected chi connectivity index (χ2v) is 4.38. The smallest absolute Gasteiger partial charge is 0.246 e. The lowest BCUT2D eigenvalue weighted by Gasteiger charge is -2.10. The van der Waals surface area contributed by atoms with Crippen molar-refractivity contribution in [1.29, 1.82) is 0 Å². The fourth-order valence-corrected chi connectivity index (χ4v) is 2.14. The number of amides is 1. The SMILES string of the molecule is Nc1ccc2c(c1)C([13c]1[13cH][13cH][13cH][13cH][13cH]1)=NCC(=O)N2. The van der Waals surface area contributed by atoms with E-state index in [2.05, 4.69) is 10.3 Å². The van der Waals surface area contributed by atoms with Crippen molar-refractivity contribution in [3.63, 3.8) is 0 Å². The summed E-state index contributed by atoms with van der Waals surface area (Å²) >= 11 is 0. The maximum Gasteiger partial charge on any atom is 0.246 e. The van der Waals surface area contributed by atoms with E-state index in [1.54, 1.807) is 6.07 Å². The van der Waals surface area contributed by atoms with Crippen LogP contribution in [-0.4, -0.2) is 18.2 Å². The third kappa shape index (κ3) is 2.20. The van der Waals surface area contributed by atoms with Gasteiger partial charge in [-0.1, -0.05) is 30.3 Å². The highest BCUT2D eigenvalue weighted by atomic mass is 16.1. The summed E-state index contributed by atoms with van der Waals surface area (Å²) < 4.78 is 0. The van der Waals surface area contributed by atoms with Crippen LogP contribution in [0.1, 0.15) is 11.1 Å². The first-order valence-electron chi connectivity index (χ1n) is 6.03. The molecule has 0 aromatic heterocycles. The first-order valence-corrected chi connectivity index (χ1v) is 6.03. The fourth-order valence-electron chi connectivity index (χ4n) is 2.14. The van der Waals surface area contributed by atoms with Crippen LogP contribution >= 0.6 is 0 Å². The average Bonchev–Trinajstić information content (AvgIpc) is 2.58. The van der Waals surface area contributed by atoms with E-state index in [0.717, 1.165) is 22.5 Å². The molecule has 0 bridgehead atoms. The summed E-state index contributed by atoms with van der Waals surface area (Å²) in [5.41, 5.74) is 9.87. The molecule has 0 unspecified atom stereocenters. The largest absolute Gasteiger partial charge is 0.399 e. The van der Waals surface area contributed by atoms with Crippen LogP contribution in [0.5, 0.6) is 0 Å². The maximum atomic E-state index is 11.7. The van der Waals surface area contributed by atoms with Crippen molar-refractivity contribution in [2.45, 2.75) is 0 Å². The summed E-state index contributed by atoms with van der Waals surface area (Å²) in [5.74, 6) is -0.114. The number of aliphatic imine (C=N–C) groups is 1. The van der Waals surface area contributed by atoms with Gasteiger partial charge in [0.05, 0.1) is 11.4 Å². The Bertz CT molecular complexity index is 662. The van der Waals surface area contributed by atoms with Gasteiger partial charge in [0.15, 0.2) is 0 Å². The minimum absolute atomic E-state index is 0.114. The summed E-state index contributed by atoms with van der Waals surface area (Å²) in [4.78, 5) is 16.1.